The molecule has 0 aromatic rings. The molecular formula is C42H57O30P. The van der Waals surface area contributed by atoms with Crippen molar-refractivity contribution in [2.45, 2.75) is 175 Å². The van der Waals surface area contributed by atoms with Crippen molar-refractivity contribution in [3.05, 3.63) is 0 Å². The highest BCUT2D eigenvalue weighted by Crippen LogP contribution is 2.50. The first-order valence-electron chi connectivity index (χ1n) is 21.8. The van der Waals surface area contributed by atoms with E-state index < -0.39 is 192 Å². The minimum absolute atomic E-state index is 0.781. The Morgan fingerprint density at radius 1 is 0.274 bits per heavy atom. The van der Waals surface area contributed by atoms with Crippen LogP contribution in [0.5, 0.6) is 0 Å². The van der Waals surface area contributed by atoms with Crippen LogP contribution in [0.25, 0.3) is 0 Å². The molecule has 3 heterocycles. The first-order valence-corrected chi connectivity index (χ1v) is 22.9. The van der Waals surface area contributed by atoms with Gasteiger partial charge in [-0.05, 0) is 0 Å². The summed E-state index contributed by atoms with van der Waals surface area (Å²) in [5.41, 5.74) is 0. The van der Waals surface area contributed by atoms with E-state index in [4.69, 9.17) is 84.6 Å². The highest BCUT2D eigenvalue weighted by atomic mass is 31.2. The summed E-state index contributed by atoms with van der Waals surface area (Å²) in [7, 11) is -3.63. The summed E-state index contributed by atoms with van der Waals surface area (Å²) in [5, 5.41) is 0. The van der Waals surface area contributed by atoms with Crippen LogP contribution in [0.4, 0.5) is 0 Å². The second-order valence-electron chi connectivity index (χ2n) is 15.7. The molecule has 3 aliphatic heterocycles. The van der Waals surface area contributed by atoms with Crippen molar-refractivity contribution in [2.75, 3.05) is 19.8 Å². The van der Waals surface area contributed by atoms with Crippen LogP contribution < -0.4 is 0 Å². The maximum absolute atomic E-state index is 12.8. The zero-order valence-electron chi connectivity index (χ0n) is 41.5. The average molecular weight is 1070 g/mol. The molecule has 73 heavy (non-hydrogen) atoms. The van der Waals surface area contributed by atoms with Crippen molar-refractivity contribution in [2.24, 2.45) is 0 Å². The third-order valence-electron chi connectivity index (χ3n) is 9.41. The zero-order valence-corrected chi connectivity index (χ0v) is 42.4. The van der Waals surface area contributed by atoms with Gasteiger partial charge in [0.25, 0.3) is 0 Å². The van der Waals surface area contributed by atoms with E-state index in [1.54, 1.807) is 0 Å². The number of hydrogen-bond acceptors (Lipinski definition) is 30. The van der Waals surface area contributed by atoms with Crippen molar-refractivity contribution in [3.8, 4) is 0 Å². The lowest BCUT2D eigenvalue weighted by molar-refractivity contribution is -0.312. The van der Waals surface area contributed by atoms with Gasteiger partial charge in [0.15, 0.2) is 54.9 Å². The summed E-state index contributed by atoms with van der Waals surface area (Å²) < 4.78 is 102. The summed E-state index contributed by atoms with van der Waals surface area (Å²) in [4.78, 5) is 150. The second kappa shape index (κ2) is 28.3. The Balaban J connectivity index is 2.44. The highest BCUT2D eigenvalue weighted by Gasteiger charge is 2.59. The van der Waals surface area contributed by atoms with Crippen LogP contribution in [0.15, 0.2) is 0 Å². The Hall–Kier alpha value is -6.17. The molecule has 30 nitrogen and oxygen atoms in total. The molecule has 0 N–H and O–H groups in total. The predicted molar refractivity (Wildman–Crippen MR) is 226 cm³/mol. The van der Waals surface area contributed by atoms with Crippen molar-refractivity contribution >= 4 is 80.2 Å². The van der Waals surface area contributed by atoms with Crippen LogP contribution in [-0.4, -0.2) is 184 Å². The van der Waals surface area contributed by atoms with E-state index in [0.717, 1.165) is 83.1 Å². The Labute approximate surface area is 416 Å². The van der Waals surface area contributed by atoms with Crippen LogP contribution in [0.1, 0.15) is 83.1 Å². The fourth-order valence-electron chi connectivity index (χ4n) is 7.15. The van der Waals surface area contributed by atoms with Crippen LogP contribution in [0.3, 0.4) is 0 Å². The molecule has 0 aromatic carbocycles. The molecule has 0 radical (unpaired) electrons. The molecule has 3 saturated heterocycles. The lowest BCUT2D eigenvalue weighted by Crippen LogP contribution is -2.64. The summed E-state index contributed by atoms with van der Waals surface area (Å²) >= 11 is 0. The van der Waals surface area contributed by atoms with Crippen molar-refractivity contribution in [1.29, 1.82) is 0 Å². The molecule has 410 valence electrons. The van der Waals surface area contributed by atoms with Gasteiger partial charge in [0.05, 0.1) is 0 Å². The normalized spacial score (nSPS) is 30.0. The maximum Gasteiger partial charge on any atom is 0.340 e. The summed E-state index contributed by atoms with van der Waals surface area (Å²) in [5.74, 6) is -12.2. The maximum atomic E-state index is 12.8. The molecule has 0 aliphatic carbocycles. The van der Waals surface area contributed by atoms with Crippen LogP contribution >= 0.6 is 8.60 Å². The topological polar surface area (TPSA) is 371 Å². The van der Waals surface area contributed by atoms with Crippen molar-refractivity contribution in [1.82, 2.24) is 0 Å². The molecular weight excluding hydrogens is 1020 g/mol. The molecule has 3 unspecified atom stereocenters. The first-order chi connectivity index (χ1) is 34.1. The number of esters is 12. The molecule has 3 aliphatic rings. The third kappa shape index (κ3) is 19.7. The Morgan fingerprint density at radius 2 is 0.452 bits per heavy atom. The Kier molecular flexibility index (Phi) is 23.7. The van der Waals surface area contributed by atoms with Crippen molar-refractivity contribution in [3.63, 3.8) is 0 Å². The number of carbonyl (C=O) groups is 12. The fraction of sp³-hybridized carbons (Fsp3) is 0.714. The van der Waals surface area contributed by atoms with E-state index >= 15 is 0 Å². The molecule has 3 fully saturated rings. The first kappa shape index (κ1) is 61.1. The second-order valence-corrected chi connectivity index (χ2v) is 16.8. The number of hydrogen-bond donors (Lipinski definition) is 0. The van der Waals surface area contributed by atoms with Gasteiger partial charge in [-0.2, -0.15) is 0 Å². The van der Waals surface area contributed by atoms with E-state index in [-0.39, 0.29) is 0 Å². The van der Waals surface area contributed by atoms with Crippen LogP contribution in [0, 0.1) is 0 Å². The van der Waals surface area contributed by atoms with Gasteiger partial charge in [-0.15, -0.1) is 0 Å². The lowest BCUT2D eigenvalue weighted by atomic mass is 9.98. The third-order valence-corrected chi connectivity index (χ3v) is 10.6. The SMILES string of the molecule is CC(=O)OC[C@H]1OC(OP(OC2O[C@H](COC(C)=O)[C@H](OC(C)=O)[C@H](OC(C)=O)[C@H]2OC(C)=O)OC2O[C@H](COC(C)=O)[C@H](OC(C)=O)[C@H](OC(C)=O)[C@H]2OC(C)=O)[C@H](OC(C)=O)[C@@H](OC(C)=O)[C@H]1OC(C)=O. The van der Waals surface area contributed by atoms with Gasteiger partial charge in [0, 0.05) is 83.1 Å². The van der Waals surface area contributed by atoms with Gasteiger partial charge in [-0.3, -0.25) is 71.1 Å². The Bertz CT molecular complexity index is 1820. The highest BCUT2D eigenvalue weighted by molar-refractivity contribution is 7.41. The standard InChI is InChI=1S/C42H57O30P/c1-16(43)55-13-28-31(58-19(4)46)34(61-22(7)49)37(64-25(10)52)40(67-28)70-73(71-41-38(65-26(11)53)35(62-23(8)50)32(59-20(5)47)29(68-41)14-56-17(2)44)72-42-39(66-27(12)54)36(63-24(9)51)33(60-21(6)48)30(69-42)15-57-18(3)45/h28-42H,13-15H2,1-12H3/t28-,29-,30-,31+,32+,33+,34+,35+,36+,37-,38-,39-,40?,41?,42?,73?/m1/s1. The number of ether oxygens (including phenoxy) is 15. The minimum atomic E-state index is -3.63. The average Bonchev–Trinajstić information content (AvgIpc) is 3.23. The van der Waals surface area contributed by atoms with Gasteiger partial charge >= 0.3 is 80.2 Å². The molecule has 0 saturated carbocycles. The molecule has 0 aromatic heterocycles. The molecule has 0 bridgehead atoms. The van der Waals surface area contributed by atoms with E-state index in [9.17, 15) is 57.5 Å². The molecule has 3 rings (SSSR count). The molecule has 31 heteroatoms. The minimum Gasteiger partial charge on any atom is -0.463 e. The summed E-state index contributed by atoms with van der Waals surface area (Å²) in [6.45, 7) is 9.03. The fourth-order valence-corrected chi connectivity index (χ4v) is 8.32. The van der Waals surface area contributed by atoms with Gasteiger partial charge in [-0.25, -0.2) is 0 Å². The van der Waals surface area contributed by atoms with E-state index in [2.05, 4.69) is 0 Å². The van der Waals surface area contributed by atoms with Crippen molar-refractivity contribution < 1.29 is 142 Å². The molecule has 15 atom stereocenters. The van der Waals surface area contributed by atoms with Crippen LogP contribution in [0.2, 0.25) is 0 Å². The smallest absolute Gasteiger partial charge is 0.340 e. The summed E-state index contributed by atoms with van der Waals surface area (Å²) in [6.07, 6.45) is -28.6. The molecule has 0 amide bonds. The number of carbonyl (C=O) groups excluding carboxylic acids is 12. The predicted octanol–water partition coefficient (Wildman–Crippen LogP) is -0.488. The van der Waals surface area contributed by atoms with E-state index in [1.165, 1.54) is 0 Å². The largest absolute Gasteiger partial charge is 0.463 e. The molecule has 0 spiro atoms. The van der Waals surface area contributed by atoms with Gasteiger partial charge in [0.1, 0.15) is 38.1 Å². The van der Waals surface area contributed by atoms with Crippen LogP contribution in [-0.2, 0) is 142 Å². The Morgan fingerprint density at radius 3 is 0.630 bits per heavy atom. The summed E-state index contributed by atoms with van der Waals surface area (Å²) in [6, 6.07) is 0. The quantitative estimate of drug-likeness (QED) is 0.0795. The van der Waals surface area contributed by atoms with Gasteiger partial charge < -0.3 is 71.1 Å². The van der Waals surface area contributed by atoms with E-state index in [0.29, 0.717) is 0 Å². The van der Waals surface area contributed by atoms with Gasteiger partial charge in [-0.1, -0.05) is 0 Å². The number of rotatable bonds is 21. The van der Waals surface area contributed by atoms with Gasteiger partial charge in [0.2, 0.25) is 18.9 Å². The lowest BCUT2D eigenvalue weighted by Gasteiger charge is -2.47. The monoisotopic (exact) mass is 1070 g/mol. The van der Waals surface area contributed by atoms with E-state index in [1.807, 2.05) is 0 Å². The zero-order chi connectivity index (χ0) is 55.0.